The molecule has 0 heterocycles. The molecule has 2 N–H and O–H groups in total. The van der Waals surface area contributed by atoms with Crippen molar-refractivity contribution >= 4 is 11.8 Å². The zero-order chi connectivity index (χ0) is 14.3. The van der Waals surface area contributed by atoms with Crippen molar-refractivity contribution in [1.82, 2.24) is 0 Å². The number of nitrogens with zero attached hydrogens (tertiary/aromatic N) is 3. The van der Waals surface area contributed by atoms with E-state index < -0.39 is 6.36 Å². The van der Waals surface area contributed by atoms with Gasteiger partial charge >= 0.3 is 6.36 Å². The predicted molar refractivity (Wildman–Crippen MR) is 65.2 cm³/mol. The number of azide groups is 1. The van der Waals surface area contributed by atoms with Crippen molar-refractivity contribution in [3.63, 3.8) is 0 Å². The maximum Gasteiger partial charge on any atom is 0.573 e. The first-order valence-corrected chi connectivity index (χ1v) is 5.25. The van der Waals surface area contributed by atoms with Crippen molar-refractivity contribution < 1.29 is 17.9 Å². The summed E-state index contributed by atoms with van der Waals surface area (Å²) in [7, 11) is 0. The van der Waals surface area contributed by atoms with Crippen LogP contribution in [0.4, 0.5) is 18.9 Å². The van der Waals surface area contributed by atoms with Crippen molar-refractivity contribution in [2.24, 2.45) is 5.11 Å². The van der Waals surface area contributed by atoms with Crippen LogP contribution in [0, 0.1) is 0 Å². The second-order valence-corrected chi connectivity index (χ2v) is 3.48. The molecule has 0 spiro atoms. The van der Waals surface area contributed by atoms with E-state index in [1.54, 1.807) is 12.2 Å². The van der Waals surface area contributed by atoms with E-state index in [4.69, 9.17) is 11.3 Å². The summed E-state index contributed by atoms with van der Waals surface area (Å²) in [6.07, 6.45) is -0.867. The van der Waals surface area contributed by atoms with Crippen LogP contribution >= 0.6 is 0 Å². The first-order chi connectivity index (χ1) is 8.92. The monoisotopic (exact) mass is 272 g/mol. The number of halogens is 3. The fourth-order valence-corrected chi connectivity index (χ4v) is 1.29. The second kappa shape index (κ2) is 6.55. The Balaban J connectivity index is 2.69. The SMILES string of the molecule is [N-]=[N+]=NCCC=Cc1ccc(OC(F)(F)F)cc1N. The van der Waals surface area contributed by atoms with Crippen LogP contribution in [0.5, 0.6) is 5.75 Å². The van der Waals surface area contributed by atoms with E-state index in [-0.39, 0.29) is 11.4 Å². The minimum Gasteiger partial charge on any atom is -0.406 e. The molecule has 0 atom stereocenters. The molecule has 0 saturated carbocycles. The Labute approximate surface area is 107 Å². The number of hydrogen-bond acceptors (Lipinski definition) is 3. The van der Waals surface area contributed by atoms with E-state index in [0.717, 1.165) is 6.07 Å². The predicted octanol–water partition coefficient (Wildman–Crippen LogP) is 3.88. The Bertz CT molecular complexity index is 507. The van der Waals surface area contributed by atoms with Crippen LogP contribution in [0.2, 0.25) is 0 Å². The molecule has 0 fully saturated rings. The third-order valence-electron chi connectivity index (χ3n) is 2.05. The van der Waals surface area contributed by atoms with Crippen molar-refractivity contribution in [2.75, 3.05) is 12.3 Å². The number of nitrogen functional groups attached to an aromatic ring is 1. The fourth-order valence-electron chi connectivity index (χ4n) is 1.29. The van der Waals surface area contributed by atoms with Crippen LogP contribution in [-0.4, -0.2) is 12.9 Å². The molecular weight excluding hydrogens is 261 g/mol. The molecular formula is C11H11F3N4O. The summed E-state index contributed by atoms with van der Waals surface area (Å²) in [5, 5.41) is 3.33. The maximum atomic E-state index is 12.0. The van der Waals surface area contributed by atoms with Gasteiger partial charge < -0.3 is 10.5 Å². The number of rotatable bonds is 5. The molecule has 0 amide bonds. The van der Waals surface area contributed by atoms with Gasteiger partial charge in [0.15, 0.2) is 0 Å². The quantitative estimate of drug-likeness (QED) is 0.290. The normalized spacial score (nSPS) is 11.3. The van der Waals surface area contributed by atoms with Gasteiger partial charge in [-0.25, -0.2) is 0 Å². The van der Waals surface area contributed by atoms with E-state index in [9.17, 15) is 13.2 Å². The molecule has 8 heteroatoms. The number of anilines is 1. The van der Waals surface area contributed by atoms with Crippen LogP contribution in [0.15, 0.2) is 29.4 Å². The van der Waals surface area contributed by atoms with Gasteiger partial charge in [-0.1, -0.05) is 17.3 Å². The lowest BCUT2D eigenvalue weighted by Crippen LogP contribution is -2.17. The summed E-state index contributed by atoms with van der Waals surface area (Å²) < 4.78 is 39.7. The van der Waals surface area contributed by atoms with Gasteiger partial charge in [0.25, 0.3) is 0 Å². The molecule has 0 radical (unpaired) electrons. The van der Waals surface area contributed by atoms with Crippen LogP contribution in [0.1, 0.15) is 12.0 Å². The number of alkyl halides is 3. The highest BCUT2D eigenvalue weighted by Crippen LogP contribution is 2.26. The van der Waals surface area contributed by atoms with Crippen molar-refractivity contribution in [3.05, 3.63) is 40.3 Å². The molecule has 0 aliphatic heterocycles. The summed E-state index contributed by atoms with van der Waals surface area (Å²) in [4.78, 5) is 2.59. The minimum atomic E-state index is -4.74. The van der Waals surface area contributed by atoms with Crippen LogP contribution in [0.25, 0.3) is 16.5 Å². The number of benzene rings is 1. The third kappa shape index (κ3) is 5.69. The smallest absolute Gasteiger partial charge is 0.406 e. The van der Waals surface area contributed by atoms with Crippen molar-refractivity contribution in [3.8, 4) is 5.75 Å². The lowest BCUT2D eigenvalue weighted by Gasteiger charge is -2.10. The van der Waals surface area contributed by atoms with Crippen molar-refractivity contribution in [1.29, 1.82) is 0 Å². The first-order valence-electron chi connectivity index (χ1n) is 5.25. The highest BCUT2D eigenvalue weighted by Gasteiger charge is 2.31. The molecule has 1 rings (SSSR count). The van der Waals surface area contributed by atoms with E-state index >= 15 is 0 Å². The second-order valence-electron chi connectivity index (χ2n) is 3.48. The zero-order valence-electron chi connectivity index (χ0n) is 9.76. The highest BCUT2D eigenvalue weighted by atomic mass is 19.4. The standard InChI is InChI=1S/C11H11F3N4O/c12-11(13,14)19-9-5-4-8(10(15)7-9)3-1-2-6-17-18-16/h1,3-5,7H,2,6,15H2. The van der Waals surface area contributed by atoms with Gasteiger partial charge in [-0.05, 0) is 29.6 Å². The van der Waals surface area contributed by atoms with Crippen LogP contribution in [0.3, 0.4) is 0 Å². The van der Waals surface area contributed by atoms with Gasteiger partial charge in [0.05, 0.1) is 0 Å². The number of hydrogen-bond donors (Lipinski definition) is 1. The van der Waals surface area contributed by atoms with E-state index in [2.05, 4.69) is 14.8 Å². The topological polar surface area (TPSA) is 84.0 Å². The molecule has 0 aliphatic carbocycles. The molecule has 0 saturated heterocycles. The van der Waals surface area contributed by atoms with E-state index in [1.165, 1.54) is 12.1 Å². The third-order valence-corrected chi connectivity index (χ3v) is 2.05. The van der Waals surface area contributed by atoms with Crippen LogP contribution in [-0.2, 0) is 0 Å². The molecule has 5 nitrogen and oxygen atoms in total. The molecule has 1 aromatic carbocycles. The Kier molecular flexibility index (Phi) is 5.08. The Morgan fingerprint density at radius 1 is 1.42 bits per heavy atom. The van der Waals surface area contributed by atoms with Gasteiger partial charge in [0, 0.05) is 23.2 Å². The Hall–Kier alpha value is -2.34. The van der Waals surface area contributed by atoms with Crippen molar-refractivity contribution in [2.45, 2.75) is 12.8 Å². The summed E-state index contributed by atoms with van der Waals surface area (Å²) in [6.45, 7) is 0.308. The number of ether oxygens (including phenoxy) is 1. The van der Waals surface area contributed by atoms with Gasteiger partial charge in [-0.15, -0.1) is 13.2 Å². The average Bonchev–Trinajstić information content (AvgIpc) is 2.29. The molecule has 0 aromatic heterocycles. The first kappa shape index (κ1) is 14.7. The lowest BCUT2D eigenvalue weighted by molar-refractivity contribution is -0.274. The molecule has 0 unspecified atom stereocenters. The summed E-state index contributed by atoms with van der Waals surface area (Å²) in [5.74, 6) is -0.365. The number of nitrogens with two attached hydrogens (primary N) is 1. The Morgan fingerprint density at radius 3 is 2.74 bits per heavy atom. The molecule has 102 valence electrons. The summed E-state index contributed by atoms with van der Waals surface area (Å²) >= 11 is 0. The van der Waals surface area contributed by atoms with Gasteiger partial charge in [0.1, 0.15) is 5.75 Å². The molecule has 1 aromatic rings. The molecule has 19 heavy (non-hydrogen) atoms. The average molecular weight is 272 g/mol. The fraction of sp³-hybridized carbons (Fsp3) is 0.273. The van der Waals surface area contributed by atoms with E-state index in [1.807, 2.05) is 0 Å². The maximum absolute atomic E-state index is 12.0. The zero-order valence-corrected chi connectivity index (χ0v) is 9.76. The van der Waals surface area contributed by atoms with Crippen LogP contribution < -0.4 is 10.5 Å². The highest BCUT2D eigenvalue weighted by molar-refractivity contribution is 5.66. The van der Waals surface area contributed by atoms with E-state index in [0.29, 0.717) is 18.5 Å². The minimum absolute atomic E-state index is 0.168. The van der Waals surface area contributed by atoms with Gasteiger partial charge in [-0.3, -0.25) is 0 Å². The Morgan fingerprint density at radius 2 is 2.16 bits per heavy atom. The lowest BCUT2D eigenvalue weighted by atomic mass is 10.1. The summed E-state index contributed by atoms with van der Waals surface area (Å²) in [6, 6.07) is 3.69. The summed E-state index contributed by atoms with van der Waals surface area (Å²) in [5.41, 5.74) is 14.4. The largest absolute Gasteiger partial charge is 0.573 e. The molecule has 0 aliphatic rings. The van der Waals surface area contributed by atoms with Gasteiger partial charge in [0.2, 0.25) is 0 Å². The molecule has 0 bridgehead atoms. The van der Waals surface area contributed by atoms with Gasteiger partial charge in [-0.2, -0.15) is 0 Å².